The normalized spacial score (nSPS) is 11.1. The number of hydrogen-bond acceptors (Lipinski definition) is 5. The van der Waals surface area contributed by atoms with Crippen LogP contribution in [0.25, 0.3) is 28.7 Å². The van der Waals surface area contributed by atoms with Crippen molar-refractivity contribution in [3.05, 3.63) is 94.0 Å². The summed E-state index contributed by atoms with van der Waals surface area (Å²) in [6.07, 6.45) is 3.58. The SMILES string of the molecule is CCOc1cc(/C=C/c2nc3ccccc3c(=O)n2-c2ccc(C(=O)O)cc2)ccc1OC. The van der Waals surface area contributed by atoms with E-state index >= 15 is 0 Å². The number of methoxy groups -OCH3 is 1. The summed E-state index contributed by atoms with van der Waals surface area (Å²) in [5, 5.41) is 9.67. The molecule has 0 amide bonds. The van der Waals surface area contributed by atoms with Crippen LogP contribution < -0.4 is 15.0 Å². The number of nitrogens with zero attached hydrogens (tertiary/aromatic N) is 2. The minimum atomic E-state index is -1.03. The van der Waals surface area contributed by atoms with Gasteiger partial charge < -0.3 is 14.6 Å². The number of carbonyl (C=O) groups is 1. The van der Waals surface area contributed by atoms with E-state index in [1.165, 1.54) is 16.7 Å². The van der Waals surface area contributed by atoms with Crippen molar-refractivity contribution < 1.29 is 19.4 Å². The van der Waals surface area contributed by atoms with E-state index in [2.05, 4.69) is 4.98 Å². The maximum Gasteiger partial charge on any atom is 0.335 e. The summed E-state index contributed by atoms with van der Waals surface area (Å²) in [7, 11) is 1.58. The summed E-state index contributed by atoms with van der Waals surface area (Å²) in [5.74, 6) is 0.634. The Morgan fingerprint density at radius 2 is 1.79 bits per heavy atom. The van der Waals surface area contributed by atoms with Gasteiger partial charge in [0.05, 0.1) is 35.9 Å². The van der Waals surface area contributed by atoms with Crippen molar-refractivity contribution in [1.29, 1.82) is 0 Å². The summed E-state index contributed by atoms with van der Waals surface area (Å²) in [5.41, 5.74) is 1.83. The second kappa shape index (κ2) is 9.40. The van der Waals surface area contributed by atoms with Gasteiger partial charge in [-0.25, -0.2) is 9.78 Å². The van der Waals surface area contributed by atoms with Crippen LogP contribution in [0.3, 0.4) is 0 Å². The number of ether oxygens (including phenoxy) is 2. The molecule has 0 aliphatic rings. The molecule has 0 saturated heterocycles. The Morgan fingerprint density at radius 3 is 2.48 bits per heavy atom. The van der Waals surface area contributed by atoms with Crippen molar-refractivity contribution in [3.63, 3.8) is 0 Å². The average molecular weight is 442 g/mol. The fraction of sp³-hybridized carbons (Fsp3) is 0.115. The van der Waals surface area contributed by atoms with Gasteiger partial charge in [-0.05, 0) is 67.1 Å². The maximum atomic E-state index is 13.3. The van der Waals surface area contributed by atoms with E-state index in [0.717, 1.165) is 5.56 Å². The molecule has 7 nitrogen and oxygen atoms in total. The fourth-order valence-corrected chi connectivity index (χ4v) is 3.50. The van der Waals surface area contributed by atoms with E-state index < -0.39 is 5.97 Å². The molecule has 0 atom stereocenters. The lowest BCUT2D eigenvalue weighted by Crippen LogP contribution is -2.22. The highest BCUT2D eigenvalue weighted by molar-refractivity contribution is 5.88. The van der Waals surface area contributed by atoms with Gasteiger partial charge in [0, 0.05) is 0 Å². The predicted octanol–water partition coefficient (Wildman–Crippen LogP) is 4.66. The molecule has 166 valence electrons. The summed E-state index contributed by atoms with van der Waals surface area (Å²) in [4.78, 5) is 29.2. The molecule has 0 fully saturated rings. The quantitative estimate of drug-likeness (QED) is 0.448. The molecule has 4 aromatic rings. The molecule has 0 spiro atoms. The molecule has 1 aromatic heterocycles. The zero-order valence-corrected chi connectivity index (χ0v) is 18.2. The Bertz CT molecular complexity index is 1400. The zero-order chi connectivity index (χ0) is 23.4. The number of aromatic carboxylic acids is 1. The van der Waals surface area contributed by atoms with Gasteiger partial charge in [-0.2, -0.15) is 0 Å². The van der Waals surface area contributed by atoms with Crippen LogP contribution >= 0.6 is 0 Å². The fourth-order valence-electron chi connectivity index (χ4n) is 3.50. The summed E-state index contributed by atoms with van der Waals surface area (Å²) >= 11 is 0. The molecule has 1 heterocycles. The van der Waals surface area contributed by atoms with Crippen molar-refractivity contribution in [2.24, 2.45) is 0 Å². The number of hydrogen-bond donors (Lipinski definition) is 1. The van der Waals surface area contributed by atoms with Gasteiger partial charge in [-0.3, -0.25) is 9.36 Å². The van der Waals surface area contributed by atoms with Gasteiger partial charge in [-0.15, -0.1) is 0 Å². The summed E-state index contributed by atoms with van der Waals surface area (Å²) in [6, 6.07) is 18.8. The lowest BCUT2D eigenvalue weighted by Gasteiger charge is -2.12. The molecule has 4 rings (SSSR count). The highest BCUT2D eigenvalue weighted by atomic mass is 16.5. The van der Waals surface area contributed by atoms with Crippen LogP contribution in [0.15, 0.2) is 71.5 Å². The van der Waals surface area contributed by atoms with Crippen LogP contribution in [0, 0.1) is 0 Å². The number of fused-ring (bicyclic) bond motifs is 1. The van der Waals surface area contributed by atoms with Gasteiger partial charge in [0.2, 0.25) is 0 Å². The van der Waals surface area contributed by atoms with Crippen LogP contribution in [0.1, 0.15) is 28.7 Å². The molecule has 0 bridgehead atoms. The third-order valence-electron chi connectivity index (χ3n) is 5.09. The number of aromatic nitrogens is 2. The van der Waals surface area contributed by atoms with Gasteiger partial charge in [0.15, 0.2) is 11.5 Å². The van der Waals surface area contributed by atoms with Crippen molar-refractivity contribution in [1.82, 2.24) is 9.55 Å². The minimum absolute atomic E-state index is 0.138. The first-order chi connectivity index (χ1) is 16.0. The Balaban J connectivity index is 1.84. The highest BCUT2D eigenvalue weighted by Gasteiger charge is 2.12. The standard InChI is InChI=1S/C26H22N2O5/c1-3-33-23-16-17(8-14-22(23)32-2)9-15-24-27-21-7-5-4-6-20(21)25(29)28(24)19-12-10-18(11-13-19)26(30)31/h4-16H,3H2,1-2H3,(H,30,31)/b15-9+. The minimum Gasteiger partial charge on any atom is -0.493 e. The largest absolute Gasteiger partial charge is 0.493 e. The molecule has 0 aliphatic heterocycles. The predicted molar refractivity (Wildman–Crippen MR) is 127 cm³/mol. The van der Waals surface area contributed by atoms with Crippen molar-refractivity contribution in [2.45, 2.75) is 6.92 Å². The third-order valence-corrected chi connectivity index (χ3v) is 5.09. The second-order valence-corrected chi connectivity index (χ2v) is 7.16. The smallest absolute Gasteiger partial charge is 0.335 e. The first-order valence-electron chi connectivity index (χ1n) is 10.4. The summed E-state index contributed by atoms with van der Waals surface area (Å²) in [6.45, 7) is 2.40. The Morgan fingerprint density at radius 1 is 1.03 bits per heavy atom. The van der Waals surface area contributed by atoms with Gasteiger partial charge in [0.25, 0.3) is 5.56 Å². The third kappa shape index (κ3) is 4.48. The summed E-state index contributed by atoms with van der Waals surface area (Å²) < 4.78 is 12.4. The maximum absolute atomic E-state index is 13.3. The molecular weight excluding hydrogens is 420 g/mol. The molecule has 0 saturated carbocycles. The number of benzene rings is 3. The van der Waals surface area contributed by atoms with Gasteiger partial charge in [-0.1, -0.05) is 24.3 Å². The average Bonchev–Trinajstić information content (AvgIpc) is 2.83. The lowest BCUT2D eigenvalue weighted by molar-refractivity contribution is 0.0697. The van der Waals surface area contributed by atoms with E-state index in [0.29, 0.717) is 40.5 Å². The van der Waals surface area contributed by atoms with Crippen LogP contribution in [0.5, 0.6) is 11.5 Å². The van der Waals surface area contributed by atoms with E-state index in [1.54, 1.807) is 43.5 Å². The molecular formula is C26H22N2O5. The number of carboxylic acid groups (broad SMARTS) is 1. The topological polar surface area (TPSA) is 90.7 Å². The van der Waals surface area contributed by atoms with Crippen LogP contribution in [-0.2, 0) is 0 Å². The van der Waals surface area contributed by atoms with E-state index in [1.807, 2.05) is 37.3 Å². The first kappa shape index (κ1) is 21.8. The number of carboxylic acids is 1. The van der Waals surface area contributed by atoms with Crippen molar-refractivity contribution in [2.75, 3.05) is 13.7 Å². The van der Waals surface area contributed by atoms with E-state index in [9.17, 15) is 14.7 Å². The van der Waals surface area contributed by atoms with Crippen molar-refractivity contribution in [3.8, 4) is 17.2 Å². The van der Waals surface area contributed by atoms with Crippen LogP contribution in [0.4, 0.5) is 0 Å². The Kier molecular flexibility index (Phi) is 6.22. The second-order valence-electron chi connectivity index (χ2n) is 7.16. The Labute approximate surface area is 190 Å². The highest BCUT2D eigenvalue weighted by Crippen LogP contribution is 2.29. The van der Waals surface area contributed by atoms with Crippen molar-refractivity contribution >= 4 is 29.0 Å². The van der Waals surface area contributed by atoms with Crippen LogP contribution in [0.2, 0.25) is 0 Å². The Hall–Kier alpha value is -4.39. The molecule has 7 heteroatoms. The molecule has 3 aromatic carbocycles. The van der Waals surface area contributed by atoms with Gasteiger partial charge in [0.1, 0.15) is 5.82 Å². The molecule has 0 radical (unpaired) electrons. The molecule has 0 unspecified atom stereocenters. The number of rotatable bonds is 7. The van der Waals surface area contributed by atoms with E-state index in [-0.39, 0.29) is 11.1 Å². The van der Waals surface area contributed by atoms with E-state index in [4.69, 9.17) is 9.47 Å². The first-order valence-corrected chi connectivity index (χ1v) is 10.4. The molecule has 0 aliphatic carbocycles. The zero-order valence-electron chi connectivity index (χ0n) is 18.2. The lowest BCUT2D eigenvalue weighted by atomic mass is 10.1. The van der Waals surface area contributed by atoms with Gasteiger partial charge >= 0.3 is 5.97 Å². The number of para-hydroxylation sites is 1. The molecule has 1 N–H and O–H groups in total. The monoisotopic (exact) mass is 442 g/mol. The molecule has 33 heavy (non-hydrogen) atoms. The van der Waals surface area contributed by atoms with Crippen LogP contribution in [-0.4, -0.2) is 34.3 Å².